The summed E-state index contributed by atoms with van der Waals surface area (Å²) in [6, 6.07) is 4.71. The van der Waals surface area contributed by atoms with Gasteiger partial charge in [-0.25, -0.2) is 4.31 Å². The summed E-state index contributed by atoms with van der Waals surface area (Å²) < 4.78 is 40.9. The van der Waals surface area contributed by atoms with E-state index in [1.165, 1.54) is 6.07 Å². The van der Waals surface area contributed by atoms with Crippen LogP contribution in [0.1, 0.15) is 33.3 Å². The highest BCUT2D eigenvalue weighted by molar-refractivity contribution is 7.85. The molecular weight excluding hydrogens is 322 g/mol. The third-order valence-electron chi connectivity index (χ3n) is 3.77. The molecule has 0 saturated heterocycles. The first kappa shape index (κ1) is 17.6. The van der Waals surface area contributed by atoms with Crippen LogP contribution >= 0.6 is 0 Å². The third-order valence-corrected chi connectivity index (χ3v) is 5.10. The summed E-state index contributed by atoms with van der Waals surface area (Å²) in [5.74, 6) is 0.107. The molecule has 0 N–H and O–H groups in total. The minimum atomic E-state index is -4.18. The predicted molar refractivity (Wildman–Crippen MR) is 83.5 cm³/mol. The molecule has 0 radical (unpaired) electrons. The van der Waals surface area contributed by atoms with Gasteiger partial charge in [0.15, 0.2) is 0 Å². The maximum atomic E-state index is 12.0. The second kappa shape index (κ2) is 6.01. The molecule has 0 saturated carbocycles. The Labute approximate surface area is 136 Å². The second-order valence-corrected chi connectivity index (χ2v) is 7.38. The first-order valence-corrected chi connectivity index (χ1v) is 8.57. The number of ether oxygens (including phenoxy) is 2. The number of benzene rings is 1. The molecule has 1 aromatic carbocycles. The zero-order valence-corrected chi connectivity index (χ0v) is 14.6. The fourth-order valence-corrected chi connectivity index (χ4v) is 3.06. The molecule has 1 aliphatic rings. The minimum Gasteiger partial charge on any atom is -0.464 e. The molecule has 0 bridgehead atoms. The first-order chi connectivity index (χ1) is 10.6. The Hall–Kier alpha value is -1.80. The monoisotopic (exact) mass is 343 g/mol. The van der Waals surface area contributed by atoms with Gasteiger partial charge >= 0.3 is 10.3 Å². The van der Waals surface area contributed by atoms with Crippen LogP contribution < -0.4 is 8.92 Å². The molecule has 1 unspecified atom stereocenters. The van der Waals surface area contributed by atoms with E-state index >= 15 is 0 Å². The molecule has 128 valence electrons. The quantitative estimate of drug-likeness (QED) is 0.811. The Morgan fingerprint density at radius 3 is 2.61 bits per heavy atom. The zero-order valence-electron chi connectivity index (χ0n) is 13.8. The van der Waals surface area contributed by atoms with Gasteiger partial charge < -0.3 is 13.7 Å². The second-order valence-electron chi connectivity index (χ2n) is 5.81. The lowest BCUT2D eigenvalue weighted by Crippen LogP contribution is -2.35. The van der Waals surface area contributed by atoms with Gasteiger partial charge in [0, 0.05) is 26.1 Å². The highest BCUT2D eigenvalue weighted by atomic mass is 32.2. The van der Waals surface area contributed by atoms with Crippen LogP contribution in [0.4, 0.5) is 0 Å². The number of carbonyl (C=O) groups is 1. The Balaban J connectivity index is 2.31. The Morgan fingerprint density at radius 2 is 2.04 bits per heavy atom. The fourth-order valence-electron chi connectivity index (χ4n) is 2.29. The summed E-state index contributed by atoms with van der Waals surface area (Å²) in [5, 5.41) is 0. The van der Waals surface area contributed by atoms with Gasteiger partial charge in [-0.15, -0.1) is 0 Å². The van der Waals surface area contributed by atoms with Crippen LogP contribution in [-0.4, -0.2) is 38.6 Å². The highest BCUT2D eigenvalue weighted by Gasteiger charge is 2.42. The van der Waals surface area contributed by atoms with Crippen LogP contribution in [0.25, 0.3) is 0 Å². The molecule has 1 heterocycles. The van der Waals surface area contributed by atoms with Gasteiger partial charge in [-0.2, -0.15) is 8.42 Å². The van der Waals surface area contributed by atoms with Crippen molar-refractivity contribution in [3.63, 3.8) is 0 Å². The summed E-state index contributed by atoms with van der Waals surface area (Å²) in [7, 11) is -3.04. The third kappa shape index (κ3) is 3.28. The molecular formula is C15H21NO6S. The lowest BCUT2D eigenvalue weighted by Gasteiger charge is -2.25. The van der Waals surface area contributed by atoms with Gasteiger partial charge in [0.25, 0.3) is 0 Å². The summed E-state index contributed by atoms with van der Waals surface area (Å²) in [5.41, 5.74) is 0.329. The van der Waals surface area contributed by atoms with Crippen molar-refractivity contribution in [3.05, 3.63) is 23.8 Å². The average molecular weight is 343 g/mol. The summed E-state index contributed by atoms with van der Waals surface area (Å²) in [6.07, 6.45) is -0.450. The van der Waals surface area contributed by atoms with Crippen LogP contribution in [0.5, 0.6) is 11.5 Å². The van der Waals surface area contributed by atoms with Crippen molar-refractivity contribution in [1.82, 2.24) is 4.31 Å². The zero-order chi connectivity index (χ0) is 17.4. The lowest BCUT2D eigenvalue weighted by atomic mass is 9.85. The van der Waals surface area contributed by atoms with E-state index in [1.807, 2.05) is 20.8 Å². The minimum absolute atomic E-state index is 0.116. The highest BCUT2D eigenvalue weighted by Crippen LogP contribution is 2.44. The van der Waals surface area contributed by atoms with Crippen LogP contribution in [0, 0.1) is 0 Å². The van der Waals surface area contributed by atoms with Crippen LogP contribution in [0.15, 0.2) is 18.2 Å². The van der Waals surface area contributed by atoms with E-state index in [0.717, 1.165) is 19.5 Å². The van der Waals surface area contributed by atoms with E-state index in [1.54, 1.807) is 12.1 Å². The molecule has 0 fully saturated rings. The standard InChI is InChI=1S/C15H21NO6S/c1-6-20-14-15(3,4)12-9-11(7-8-13(12)21-14)22-23(18,19)16(5)10(2)17/h7-9,14H,6H2,1-5H3. The number of amides is 1. The summed E-state index contributed by atoms with van der Waals surface area (Å²) in [4.78, 5) is 11.2. The molecule has 0 spiro atoms. The maximum Gasteiger partial charge on any atom is 0.411 e. The Morgan fingerprint density at radius 1 is 1.39 bits per heavy atom. The molecule has 1 aromatic rings. The number of hydrogen-bond acceptors (Lipinski definition) is 6. The number of rotatable bonds is 5. The van der Waals surface area contributed by atoms with Crippen molar-refractivity contribution < 1.29 is 26.9 Å². The fraction of sp³-hybridized carbons (Fsp3) is 0.533. The van der Waals surface area contributed by atoms with Crippen molar-refractivity contribution in [1.29, 1.82) is 0 Å². The topological polar surface area (TPSA) is 82.1 Å². The predicted octanol–water partition coefficient (Wildman–Crippen LogP) is 1.82. The number of hydrogen-bond donors (Lipinski definition) is 0. The van der Waals surface area contributed by atoms with Crippen LogP contribution in [-0.2, 0) is 25.3 Å². The smallest absolute Gasteiger partial charge is 0.411 e. The number of nitrogens with zero attached hydrogens (tertiary/aromatic N) is 1. The Kier molecular flexibility index (Phi) is 4.59. The van der Waals surface area contributed by atoms with Crippen molar-refractivity contribution >= 4 is 16.2 Å². The lowest BCUT2D eigenvalue weighted by molar-refractivity contribution is -0.123. The summed E-state index contributed by atoms with van der Waals surface area (Å²) in [6.45, 7) is 7.41. The molecule has 0 aromatic heterocycles. The normalized spacial score (nSPS) is 18.9. The van der Waals surface area contributed by atoms with E-state index in [2.05, 4.69) is 0 Å². The summed E-state index contributed by atoms with van der Waals surface area (Å²) >= 11 is 0. The SMILES string of the molecule is CCOC1Oc2ccc(OS(=O)(=O)N(C)C(C)=O)cc2C1(C)C. The largest absolute Gasteiger partial charge is 0.464 e. The van der Waals surface area contributed by atoms with Crippen molar-refractivity contribution in [2.75, 3.05) is 13.7 Å². The molecule has 1 amide bonds. The average Bonchev–Trinajstić information content (AvgIpc) is 2.70. The van der Waals surface area contributed by atoms with Crippen molar-refractivity contribution in [2.24, 2.45) is 0 Å². The van der Waals surface area contributed by atoms with E-state index in [0.29, 0.717) is 16.7 Å². The molecule has 7 nitrogen and oxygen atoms in total. The number of fused-ring (bicyclic) bond motifs is 1. The van der Waals surface area contributed by atoms with Gasteiger partial charge in [-0.05, 0) is 39.0 Å². The molecule has 2 rings (SSSR count). The van der Waals surface area contributed by atoms with Crippen molar-refractivity contribution in [3.8, 4) is 11.5 Å². The van der Waals surface area contributed by atoms with E-state index in [4.69, 9.17) is 13.7 Å². The molecule has 8 heteroatoms. The molecule has 23 heavy (non-hydrogen) atoms. The van der Waals surface area contributed by atoms with Gasteiger partial charge in [0.1, 0.15) is 11.5 Å². The van der Waals surface area contributed by atoms with Gasteiger partial charge in [0.2, 0.25) is 12.2 Å². The molecule has 1 aliphatic heterocycles. The van der Waals surface area contributed by atoms with E-state index in [-0.39, 0.29) is 5.75 Å². The van der Waals surface area contributed by atoms with Crippen LogP contribution in [0.2, 0.25) is 0 Å². The molecule has 0 aliphatic carbocycles. The van der Waals surface area contributed by atoms with E-state index < -0.39 is 27.9 Å². The van der Waals surface area contributed by atoms with Gasteiger partial charge in [0.05, 0.1) is 5.41 Å². The van der Waals surface area contributed by atoms with Crippen molar-refractivity contribution in [2.45, 2.75) is 39.4 Å². The van der Waals surface area contributed by atoms with Crippen LogP contribution in [0.3, 0.4) is 0 Å². The first-order valence-electron chi connectivity index (χ1n) is 7.21. The molecule has 1 atom stereocenters. The van der Waals surface area contributed by atoms with Gasteiger partial charge in [-0.3, -0.25) is 4.79 Å². The van der Waals surface area contributed by atoms with Gasteiger partial charge in [-0.1, -0.05) is 0 Å². The maximum absolute atomic E-state index is 12.0. The Bertz CT molecular complexity index is 713. The number of carbonyl (C=O) groups excluding carboxylic acids is 1. The van der Waals surface area contributed by atoms with E-state index in [9.17, 15) is 13.2 Å².